The Bertz CT molecular complexity index is 518. The van der Waals surface area contributed by atoms with Gasteiger partial charge in [-0.05, 0) is 22.0 Å². The smallest absolute Gasteiger partial charge is 0.251 e. The van der Waals surface area contributed by atoms with Gasteiger partial charge in [-0.3, -0.25) is 9.78 Å². The summed E-state index contributed by atoms with van der Waals surface area (Å²) < 4.78 is 2.39. The van der Waals surface area contributed by atoms with Crippen LogP contribution in [0.15, 0.2) is 33.8 Å². The molecule has 13 heavy (non-hydrogen) atoms. The number of aromatic nitrogens is 2. The molecule has 0 spiro atoms. The fourth-order valence-corrected chi connectivity index (χ4v) is 1.79. The topological polar surface area (TPSA) is 34.9 Å². The molecule has 3 nitrogen and oxygen atoms in total. The van der Waals surface area contributed by atoms with Crippen LogP contribution in [0.3, 0.4) is 0 Å². The van der Waals surface area contributed by atoms with Crippen molar-refractivity contribution in [2.24, 2.45) is 7.05 Å². The molecule has 0 saturated carbocycles. The fraction of sp³-hybridized carbons (Fsp3) is 0.111. The second-order valence-corrected chi connectivity index (χ2v) is 3.64. The molecule has 4 heteroatoms. The SMILES string of the molecule is Cn1c(=O)cc(Br)c2ccncc21. The molecule has 0 N–H and O–H groups in total. The molecular weight excluding hydrogens is 232 g/mol. The van der Waals surface area contributed by atoms with Crippen LogP contribution in [0.2, 0.25) is 0 Å². The van der Waals surface area contributed by atoms with E-state index in [4.69, 9.17) is 0 Å². The molecular formula is C9H7BrN2O. The van der Waals surface area contributed by atoms with Crippen molar-refractivity contribution in [3.8, 4) is 0 Å². The third-order valence-electron chi connectivity index (χ3n) is 2.00. The molecule has 2 rings (SSSR count). The molecule has 0 aliphatic carbocycles. The van der Waals surface area contributed by atoms with Gasteiger partial charge < -0.3 is 4.57 Å². The van der Waals surface area contributed by atoms with Gasteiger partial charge in [0.25, 0.3) is 5.56 Å². The van der Waals surface area contributed by atoms with Crippen LogP contribution >= 0.6 is 15.9 Å². The largest absolute Gasteiger partial charge is 0.310 e. The predicted octanol–water partition coefficient (Wildman–Crippen LogP) is 1.70. The summed E-state index contributed by atoms with van der Waals surface area (Å²) in [5, 5.41) is 0.997. The highest BCUT2D eigenvalue weighted by Gasteiger charge is 2.02. The first-order valence-corrected chi connectivity index (χ1v) is 4.58. The summed E-state index contributed by atoms with van der Waals surface area (Å²) in [6.45, 7) is 0. The second kappa shape index (κ2) is 2.96. The number of aryl methyl sites for hydroxylation is 1. The maximum atomic E-state index is 11.4. The third-order valence-corrected chi connectivity index (χ3v) is 2.66. The highest BCUT2D eigenvalue weighted by molar-refractivity contribution is 9.10. The van der Waals surface area contributed by atoms with E-state index >= 15 is 0 Å². The lowest BCUT2D eigenvalue weighted by atomic mass is 10.2. The minimum atomic E-state index is -0.0348. The standard InChI is InChI=1S/C9H7BrN2O/c1-12-8-5-11-3-2-6(8)7(10)4-9(12)13/h2-5H,1H3. The number of rotatable bonds is 0. The lowest BCUT2D eigenvalue weighted by Gasteiger charge is -2.04. The van der Waals surface area contributed by atoms with Gasteiger partial charge >= 0.3 is 0 Å². The zero-order valence-electron chi connectivity index (χ0n) is 6.99. The monoisotopic (exact) mass is 238 g/mol. The summed E-state index contributed by atoms with van der Waals surface area (Å²) in [5.41, 5.74) is 0.800. The van der Waals surface area contributed by atoms with Gasteiger partial charge in [-0.1, -0.05) is 0 Å². The van der Waals surface area contributed by atoms with Gasteiger partial charge in [-0.25, -0.2) is 0 Å². The Morgan fingerprint density at radius 1 is 1.54 bits per heavy atom. The minimum Gasteiger partial charge on any atom is -0.310 e. The highest BCUT2D eigenvalue weighted by Crippen LogP contribution is 2.19. The Labute approximate surface area is 83.2 Å². The van der Waals surface area contributed by atoms with Crippen molar-refractivity contribution >= 4 is 26.8 Å². The molecule has 0 amide bonds. The molecule has 0 atom stereocenters. The second-order valence-electron chi connectivity index (χ2n) is 2.78. The Morgan fingerprint density at radius 2 is 2.31 bits per heavy atom. The van der Waals surface area contributed by atoms with Crippen LogP contribution < -0.4 is 5.56 Å². The molecule has 0 fully saturated rings. The van der Waals surface area contributed by atoms with Crippen molar-refractivity contribution in [3.05, 3.63) is 39.4 Å². The molecule has 66 valence electrons. The van der Waals surface area contributed by atoms with Crippen molar-refractivity contribution in [3.63, 3.8) is 0 Å². The molecule has 0 unspecified atom stereocenters. The lowest BCUT2D eigenvalue weighted by Crippen LogP contribution is -2.15. The van der Waals surface area contributed by atoms with E-state index in [0.717, 1.165) is 15.4 Å². The average molecular weight is 239 g/mol. The van der Waals surface area contributed by atoms with Crippen LogP contribution in [0.4, 0.5) is 0 Å². The van der Waals surface area contributed by atoms with Crippen molar-refractivity contribution in [2.75, 3.05) is 0 Å². The average Bonchev–Trinajstić information content (AvgIpc) is 2.15. The lowest BCUT2D eigenvalue weighted by molar-refractivity contribution is 0.901. The van der Waals surface area contributed by atoms with Gasteiger partial charge in [-0.2, -0.15) is 0 Å². The number of fused-ring (bicyclic) bond motifs is 1. The molecule has 0 radical (unpaired) electrons. The summed E-state index contributed by atoms with van der Waals surface area (Å²) >= 11 is 3.34. The van der Waals surface area contributed by atoms with Gasteiger partial charge in [0.05, 0.1) is 11.7 Å². The quantitative estimate of drug-likeness (QED) is 0.701. The number of hydrogen-bond acceptors (Lipinski definition) is 2. The van der Waals surface area contributed by atoms with E-state index in [1.54, 1.807) is 30.1 Å². The van der Waals surface area contributed by atoms with Crippen molar-refractivity contribution in [1.82, 2.24) is 9.55 Å². The summed E-state index contributed by atoms with van der Waals surface area (Å²) in [6.07, 6.45) is 3.39. The van der Waals surface area contributed by atoms with E-state index in [1.165, 1.54) is 0 Å². The van der Waals surface area contributed by atoms with E-state index < -0.39 is 0 Å². The van der Waals surface area contributed by atoms with Crippen LogP contribution in [0.5, 0.6) is 0 Å². The number of halogens is 1. The molecule has 2 heterocycles. The van der Waals surface area contributed by atoms with E-state index in [2.05, 4.69) is 20.9 Å². The fourth-order valence-electron chi connectivity index (χ4n) is 1.26. The first-order chi connectivity index (χ1) is 6.20. The van der Waals surface area contributed by atoms with Gasteiger partial charge in [0.15, 0.2) is 0 Å². The Kier molecular flexibility index (Phi) is 1.92. The Hall–Kier alpha value is -1.16. The van der Waals surface area contributed by atoms with Crippen LogP contribution in [0.25, 0.3) is 10.9 Å². The van der Waals surface area contributed by atoms with E-state index in [9.17, 15) is 4.79 Å². The molecule has 0 aromatic carbocycles. The molecule has 2 aromatic rings. The first kappa shape index (κ1) is 8.44. The maximum absolute atomic E-state index is 11.4. The van der Waals surface area contributed by atoms with Gasteiger partial charge in [0.2, 0.25) is 0 Å². The van der Waals surface area contributed by atoms with E-state index in [1.807, 2.05) is 6.07 Å². The van der Waals surface area contributed by atoms with Crippen molar-refractivity contribution in [1.29, 1.82) is 0 Å². The zero-order chi connectivity index (χ0) is 9.42. The van der Waals surface area contributed by atoms with Crippen LogP contribution in [0, 0.1) is 0 Å². The van der Waals surface area contributed by atoms with Crippen LogP contribution in [-0.4, -0.2) is 9.55 Å². The summed E-state index contributed by atoms with van der Waals surface area (Å²) in [5.74, 6) is 0. The third kappa shape index (κ3) is 1.27. The predicted molar refractivity (Wildman–Crippen MR) is 54.7 cm³/mol. The number of pyridine rings is 2. The summed E-state index contributed by atoms with van der Waals surface area (Å²) in [4.78, 5) is 15.3. The molecule has 2 aromatic heterocycles. The minimum absolute atomic E-state index is 0.0348. The normalized spacial score (nSPS) is 10.6. The Balaban J connectivity index is 3.06. The molecule has 0 aliphatic rings. The Morgan fingerprint density at radius 3 is 3.08 bits per heavy atom. The number of nitrogens with zero attached hydrogens (tertiary/aromatic N) is 2. The number of hydrogen-bond donors (Lipinski definition) is 0. The summed E-state index contributed by atoms with van der Waals surface area (Å²) in [6, 6.07) is 3.43. The van der Waals surface area contributed by atoms with E-state index in [0.29, 0.717) is 0 Å². The molecule has 0 bridgehead atoms. The zero-order valence-corrected chi connectivity index (χ0v) is 8.58. The van der Waals surface area contributed by atoms with Gasteiger partial charge in [-0.15, -0.1) is 0 Å². The van der Waals surface area contributed by atoms with Crippen molar-refractivity contribution in [2.45, 2.75) is 0 Å². The summed E-state index contributed by atoms with van der Waals surface area (Å²) in [7, 11) is 1.73. The van der Waals surface area contributed by atoms with Crippen molar-refractivity contribution < 1.29 is 0 Å². The van der Waals surface area contributed by atoms with Gasteiger partial charge in [0.1, 0.15) is 0 Å². The molecule has 0 saturated heterocycles. The molecule has 0 aliphatic heterocycles. The van der Waals surface area contributed by atoms with E-state index in [-0.39, 0.29) is 5.56 Å². The maximum Gasteiger partial charge on any atom is 0.251 e. The van der Waals surface area contributed by atoms with Crippen LogP contribution in [0.1, 0.15) is 0 Å². The van der Waals surface area contributed by atoms with Crippen LogP contribution in [-0.2, 0) is 7.05 Å². The van der Waals surface area contributed by atoms with Gasteiger partial charge in [0, 0.05) is 29.2 Å². The first-order valence-electron chi connectivity index (χ1n) is 3.79. The highest BCUT2D eigenvalue weighted by atomic mass is 79.9.